The minimum Gasteiger partial charge on any atom is -0.391 e. The molecule has 0 spiro atoms. The maximum Gasteiger partial charge on any atom is 0.0695 e. The van der Waals surface area contributed by atoms with Crippen molar-refractivity contribution >= 4 is 0 Å². The molecule has 1 aliphatic rings. The maximum atomic E-state index is 10.1. The summed E-state index contributed by atoms with van der Waals surface area (Å²) < 4.78 is 0. The Labute approximate surface area is 101 Å². The Balaban J connectivity index is 2.53. The zero-order chi connectivity index (χ0) is 12.3. The van der Waals surface area contributed by atoms with E-state index >= 15 is 0 Å². The van der Waals surface area contributed by atoms with E-state index in [1.54, 1.807) is 0 Å². The van der Waals surface area contributed by atoms with E-state index in [9.17, 15) is 5.11 Å². The van der Waals surface area contributed by atoms with Crippen LogP contribution < -0.4 is 0 Å². The fourth-order valence-corrected chi connectivity index (χ4v) is 2.95. The molecular weight excluding hydrogens is 198 g/mol. The molecule has 2 nitrogen and oxygen atoms in total. The molecule has 0 radical (unpaired) electrons. The molecule has 4 unspecified atom stereocenters. The molecule has 2 heteroatoms. The van der Waals surface area contributed by atoms with Crippen molar-refractivity contribution in [2.75, 3.05) is 7.05 Å². The van der Waals surface area contributed by atoms with Crippen molar-refractivity contribution in [2.45, 2.75) is 71.6 Å². The third kappa shape index (κ3) is 3.74. The van der Waals surface area contributed by atoms with Crippen molar-refractivity contribution in [3.05, 3.63) is 0 Å². The highest BCUT2D eigenvalue weighted by Gasteiger charge is 2.31. The molecule has 0 aromatic rings. The average molecular weight is 227 g/mol. The Hall–Kier alpha value is -0.0800. The second kappa shape index (κ2) is 6.02. The third-order valence-corrected chi connectivity index (χ3v) is 4.07. The molecule has 4 atom stereocenters. The molecule has 0 bridgehead atoms. The van der Waals surface area contributed by atoms with Crippen LogP contribution in [0.5, 0.6) is 0 Å². The number of hydrogen-bond donors (Lipinski definition) is 1. The van der Waals surface area contributed by atoms with Crippen LogP contribution in [0.15, 0.2) is 0 Å². The molecule has 0 saturated heterocycles. The van der Waals surface area contributed by atoms with E-state index in [0.717, 1.165) is 24.7 Å². The molecule has 96 valence electrons. The van der Waals surface area contributed by atoms with Crippen molar-refractivity contribution in [2.24, 2.45) is 11.8 Å². The summed E-state index contributed by atoms with van der Waals surface area (Å²) in [5.74, 6) is 1.50. The molecule has 1 aliphatic carbocycles. The lowest BCUT2D eigenvalue weighted by molar-refractivity contribution is -0.00114. The molecule has 0 aromatic heterocycles. The van der Waals surface area contributed by atoms with Gasteiger partial charge >= 0.3 is 0 Å². The van der Waals surface area contributed by atoms with Crippen LogP contribution in [0.2, 0.25) is 0 Å². The van der Waals surface area contributed by atoms with Gasteiger partial charge in [0.15, 0.2) is 0 Å². The standard InChI is InChI=1S/C14H29NO/c1-10(2)8-12(4)15(5)13-9-11(3)6-7-14(13)16/h10-14,16H,6-9H2,1-5H3. The summed E-state index contributed by atoms with van der Waals surface area (Å²) in [5, 5.41) is 10.1. The van der Waals surface area contributed by atoms with Gasteiger partial charge in [-0.1, -0.05) is 20.8 Å². The molecule has 1 N–H and O–H groups in total. The van der Waals surface area contributed by atoms with Gasteiger partial charge in [-0.05, 0) is 51.5 Å². The summed E-state index contributed by atoms with van der Waals surface area (Å²) in [6.45, 7) is 9.13. The summed E-state index contributed by atoms with van der Waals surface area (Å²) in [6.07, 6.45) is 4.42. The first-order valence-corrected chi connectivity index (χ1v) is 6.81. The van der Waals surface area contributed by atoms with Crippen LogP contribution in [-0.2, 0) is 0 Å². The Morgan fingerprint density at radius 2 is 1.88 bits per heavy atom. The summed E-state index contributed by atoms with van der Waals surface area (Å²) in [4.78, 5) is 2.40. The van der Waals surface area contributed by atoms with Gasteiger partial charge in [-0.15, -0.1) is 0 Å². The molecule has 0 aromatic carbocycles. The molecule has 1 saturated carbocycles. The van der Waals surface area contributed by atoms with E-state index in [0.29, 0.717) is 12.1 Å². The van der Waals surface area contributed by atoms with Crippen LogP contribution in [0, 0.1) is 11.8 Å². The van der Waals surface area contributed by atoms with E-state index in [2.05, 4.69) is 39.6 Å². The largest absolute Gasteiger partial charge is 0.391 e. The van der Waals surface area contributed by atoms with E-state index in [1.165, 1.54) is 12.8 Å². The van der Waals surface area contributed by atoms with Crippen molar-refractivity contribution in [1.82, 2.24) is 4.90 Å². The second-order valence-electron chi connectivity index (χ2n) is 6.20. The predicted octanol–water partition coefficient (Wildman–Crippen LogP) is 2.90. The minimum absolute atomic E-state index is 0.115. The zero-order valence-corrected chi connectivity index (χ0v) is 11.6. The number of aliphatic hydroxyl groups excluding tert-OH is 1. The molecular formula is C14H29NO. The highest BCUT2D eigenvalue weighted by atomic mass is 16.3. The van der Waals surface area contributed by atoms with E-state index in [-0.39, 0.29) is 6.10 Å². The first-order chi connectivity index (χ1) is 7.41. The number of hydrogen-bond acceptors (Lipinski definition) is 2. The third-order valence-electron chi connectivity index (χ3n) is 4.07. The number of rotatable bonds is 4. The lowest BCUT2D eigenvalue weighted by atomic mass is 9.83. The van der Waals surface area contributed by atoms with Crippen molar-refractivity contribution in [1.29, 1.82) is 0 Å². The van der Waals surface area contributed by atoms with Gasteiger partial charge in [-0.3, -0.25) is 4.90 Å². The number of likely N-dealkylation sites (N-methyl/N-ethyl adjacent to an activating group) is 1. The Kier molecular flexibility index (Phi) is 5.26. The highest BCUT2D eigenvalue weighted by Crippen LogP contribution is 2.29. The van der Waals surface area contributed by atoms with E-state index in [4.69, 9.17) is 0 Å². The van der Waals surface area contributed by atoms with Crippen molar-refractivity contribution in [3.8, 4) is 0 Å². The number of aliphatic hydroxyl groups is 1. The molecule has 16 heavy (non-hydrogen) atoms. The summed E-state index contributed by atoms with van der Waals surface area (Å²) in [5.41, 5.74) is 0. The second-order valence-corrected chi connectivity index (χ2v) is 6.20. The SMILES string of the molecule is CC(C)CC(C)N(C)C1CC(C)CCC1O. The molecule has 0 aliphatic heterocycles. The topological polar surface area (TPSA) is 23.5 Å². The van der Waals surface area contributed by atoms with Crippen molar-refractivity contribution < 1.29 is 5.11 Å². The first kappa shape index (κ1) is 14.0. The fourth-order valence-electron chi connectivity index (χ4n) is 2.95. The van der Waals surface area contributed by atoms with Gasteiger partial charge in [-0.2, -0.15) is 0 Å². The smallest absolute Gasteiger partial charge is 0.0695 e. The van der Waals surface area contributed by atoms with E-state index < -0.39 is 0 Å². The van der Waals surface area contributed by atoms with Gasteiger partial charge in [-0.25, -0.2) is 0 Å². The van der Waals surface area contributed by atoms with Crippen LogP contribution in [-0.4, -0.2) is 35.2 Å². The van der Waals surface area contributed by atoms with Gasteiger partial charge in [0.25, 0.3) is 0 Å². The lowest BCUT2D eigenvalue weighted by Crippen LogP contribution is -2.49. The Morgan fingerprint density at radius 1 is 1.25 bits per heavy atom. The van der Waals surface area contributed by atoms with Crippen molar-refractivity contribution in [3.63, 3.8) is 0 Å². The van der Waals surface area contributed by atoms with Gasteiger partial charge in [0.1, 0.15) is 0 Å². The van der Waals surface area contributed by atoms with Crippen LogP contribution in [0.4, 0.5) is 0 Å². The van der Waals surface area contributed by atoms with Crippen LogP contribution in [0.1, 0.15) is 53.4 Å². The molecule has 0 heterocycles. The maximum absolute atomic E-state index is 10.1. The molecule has 0 amide bonds. The minimum atomic E-state index is -0.115. The molecule has 1 rings (SSSR count). The van der Waals surface area contributed by atoms with Crippen LogP contribution >= 0.6 is 0 Å². The van der Waals surface area contributed by atoms with Crippen LogP contribution in [0.3, 0.4) is 0 Å². The lowest BCUT2D eigenvalue weighted by Gasteiger charge is -2.41. The summed E-state index contributed by atoms with van der Waals surface area (Å²) in [6, 6.07) is 0.947. The Bertz CT molecular complexity index is 205. The van der Waals surface area contributed by atoms with Gasteiger partial charge in [0.2, 0.25) is 0 Å². The Morgan fingerprint density at radius 3 is 2.44 bits per heavy atom. The zero-order valence-electron chi connectivity index (χ0n) is 11.6. The van der Waals surface area contributed by atoms with Gasteiger partial charge in [0.05, 0.1) is 6.10 Å². The van der Waals surface area contributed by atoms with Crippen LogP contribution in [0.25, 0.3) is 0 Å². The quantitative estimate of drug-likeness (QED) is 0.798. The highest BCUT2D eigenvalue weighted by molar-refractivity contribution is 4.86. The fraction of sp³-hybridized carbons (Fsp3) is 1.00. The number of nitrogens with zero attached hydrogens (tertiary/aromatic N) is 1. The van der Waals surface area contributed by atoms with Gasteiger partial charge < -0.3 is 5.11 Å². The first-order valence-electron chi connectivity index (χ1n) is 6.81. The van der Waals surface area contributed by atoms with E-state index in [1.807, 2.05) is 0 Å². The monoisotopic (exact) mass is 227 g/mol. The summed E-state index contributed by atoms with van der Waals surface area (Å²) >= 11 is 0. The molecule has 1 fully saturated rings. The predicted molar refractivity (Wildman–Crippen MR) is 69.5 cm³/mol. The summed E-state index contributed by atoms with van der Waals surface area (Å²) in [7, 11) is 2.18. The average Bonchev–Trinajstić information content (AvgIpc) is 2.19. The normalized spacial score (nSPS) is 33.4. The van der Waals surface area contributed by atoms with Gasteiger partial charge in [0, 0.05) is 12.1 Å².